The molecule has 0 radical (unpaired) electrons. The average Bonchev–Trinajstić information content (AvgIpc) is 2.30. The number of amides is 1. The predicted octanol–water partition coefficient (Wildman–Crippen LogP) is -0.0440. The van der Waals surface area contributed by atoms with E-state index in [2.05, 4.69) is 0 Å². The van der Waals surface area contributed by atoms with E-state index >= 15 is 0 Å². The molecule has 0 aliphatic carbocycles. The molecular weight excluding hydrogens is 128 g/mol. The zero-order chi connectivity index (χ0) is 7.56. The smallest absolute Gasteiger partial charge is 0.222 e. The fourth-order valence-electron chi connectivity index (χ4n) is 1.47. The number of nitrogens with zero attached hydrogens (tertiary/aromatic N) is 1. The molecule has 1 aliphatic rings. The van der Waals surface area contributed by atoms with Crippen LogP contribution >= 0.6 is 0 Å². The topological polar surface area (TPSA) is 46.3 Å². The molecule has 1 rings (SSSR count). The highest BCUT2D eigenvalue weighted by atomic mass is 16.2. The fourth-order valence-corrected chi connectivity index (χ4v) is 1.47. The van der Waals surface area contributed by atoms with Crippen LogP contribution < -0.4 is 5.73 Å². The highest BCUT2D eigenvalue weighted by Crippen LogP contribution is 2.16. The van der Waals surface area contributed by atoms with Gasteiger partial charge in [0, 0.05) is 25.6 Å². The third kappa shape index (κ3) is 1.14. The van der Waals surface area contributed by atoms with Gasteiger partial charge in [0.1, 0.15) is 0 Å². The second-order valence-electron chi connectivity index (χ2n) is 2.61. The number of hydrogen-bond acceptors (Lipinski definition) is 2. The van der Waals surface area contributed by atoms with E-state index in [1.165, 1.54) is 0 Å². The highest BCUT2D eigenvalue weighted by Gasteiger charge is 2.27. The molecule has 10 heavy (non-hydrogen) atoms. The van der Waals surface area contributed by atoms with E-state index < -0.39 is 0 Å². The molecule has 58 valence electrons. The number of carbonyl (C=O) groups is 1. The van der Waals surface area contributed by atoms with Crippen LogP contribution in [0.3, 0.4) is 0 Å². The van der Waals surface area contributed by atoms with Crippen molar-refractivity contribution >= 4 is 5.91 Å². The van der Waals surface area contributed by atoms with Crippen molar-refractivity contribution in [2.24, 2.45) is 5.73 Å². The van der Waals surface area contributed by atoms with Crippen molar-refractivity contribution < 1.29 is 4.79 Å². The molecule has 1 atom stereocenters. The number of hydrogen-bond donors (Lipinski definition) is 1. The van der Waals surface area contributed by atoms with E-state index in [0.29, 0.717) is 19.0 Å². The Morgan fingerprint density at radius 3 is 2.90 bits per heavy atom. The van der Waals surface area contributed by atoms with Crippen LogP contribution in [0.5, 0.6) is 0 Å². The number of likely N-dealkylation sites (tertiary alicyclic amines) is 1. The molecule has 1 fully saturated rings. The van der Waals surface area contributed by atoms with E-state index in [0.717, 1.165) is 13.0 Å². The summed E-state index contributed by atoms with van der Waals surface area (Å²) >= 11 is 0. The third-order valence-electron chi connectivity index (χ3n) is 2.07. The third-order valence-corrected chi connectivity index (χ3v) is 2.07. The van der Waals surface area contributed by atoms with Gasteiger partial charge in [-0.15, -0.1) is 0 Å². The molecule has 0 bridgehead atoms. The first-order valence-electron chi connectivity index (χ1n) is 3.79. The Balaban J connectivity index is 2.54. The summed E-state index contributed by atoms with van der Waals surface area (Å²) in [4.78, 5) is 12.9. The minimum atomic E-state index is 0.262. The minimum absolute atomic E-state index is 0.262. The fraction of sp³-hybridized carbons (Fsp3) is 0.857. The maximum absolute atomic E-state index is 11.0. The van der Waals surface area contributed by atoms with E-state index in [4.69, 9.17) is 5.73 Å². The van der Waals surface area contributed by atoms with Gasteiger partial charge in [0.05, 0.1) is 0 Å². The van der Waals surface area contributed by atoms with E-state index in [-0.39, 0.29) is 5.91 Å². The lowest BCUT2D eigenvalue weighted by molar-refractivity contribution is -0.128. The van der Waals surface area contributed by atoms with Crippen LogP contribution in [0.25, 0.3) is 0 Å². The molecule has 0 unspecified atom stereocenters. The molecule has 0 aromatic rings. The van der Waals surface area contributed by atoms with Crippen LogP contribution in [0.15, 0.2) is 0 Å². The number of carbonyl (C=O) groups excluding carboxylic acids is 1. The van der Waals surface area contributed by atoms with Gasteiger partial charge >= 0.3 is 0 Å². The Morgan fingerprint density at radius 1 is 1.80 bits per heavy atom. The molecule has 3 heteroatoms. The van der Waals surface area contributed by atoms with Crippen molar-refractivity contribution in [3.05, 3.63) is 0 Å². The molecule has 0 aromatic carbocycles. The molecule has 3 nitrogen and oxygen atoms in total. The van der Waals surface area contributed by atoms with E-state index in [1.54, 1.807) is 0 Å². The normalized spacial score (nSPS) is 26.0. The zero-order valence-corrected chi connectivity index (χ0v) is 6.34. The summed E-state index contributed by atoms with van der Waals surface area (Å²) < 4.78 is 0. The zero-order valence-electron chi connectivity index (χ0n) is 6.34. The molecule has 1 amide bonds. The summed E-state index contributed by atoms with van der Waals surface area (Å²) in [5, 5.41) is 0. The van der Waals surface area contributed by atoms with Gasteiger partial charge in [0.2, 0.25) is 5.91 Å². The Labute approximate surface area is 61.2 Å². The Morgan fingerprint density at radius 2 is 2.50 bits per heavy atom. The predicted molar refractivity (Wildman–Crippen MR) is 39.5 cm³/mol. The molecule has 0 spiro atoms. The molecule has 0 aromatic heterocycles. The minimum Gasteiger partial charge on any atom is -0.339 e. The van der Waals surface area contributed by atoms with Crippen LogP contribution in [0.4, 0.5) is 0 Å². The second-order valence-corrected chi connectivity index (χ2v) is 2.61. The Bertz CT molecular complexity index is 136. The average molecular weight is 142 g/mol. The maximum Gasteiger partial charge on any atom is 0.222 e. The lowest BCUT2D eigenvalue weighted by Crippen LogP contribution is -2.37. The number of rotatable bonds is 2. The SMILES string of the molecule is CCN1C(=O)CC[C@H]1CN. The molecule has 2 N–H and O–H groups in total. The van der Waals surface area contributed by atoms with Crippen LogP contribution in [0, 0.1) is 0 Å². The van der Waals surface area contributed by atoms with Gasteiger partial charge in [0.15, 0.2) is 0 Å². The maximum atomic E-state index is 11.0. The summed E-state index contributed by atoms with van der Waals surface area (Å²) in [5.74, 6) is 0.262. The van der Waals surface area contributed by atoms with Crippen molar-refractivity contribution in [2.75, 3.05) is 13.1 Å². The molecule has 1 aliphatic heterocycles. The van der Waals surface area contributed by atoms with Crippen LogP contribution in [0.2, 0.25) is 0 Å². The van der Waals surface area contributed by atoms with Crippen LogP contribution in [-0.2, 0) is 4.79 Å². The number of nitrogens with two attached hydrogens (primary N) is 1. The lowest BCUT2D eigenvalue weighted by Gasteiger charge is -2.21. The first-order valence-corrected chi connectivity index (χ1v) is 3.79. The molecular formula is C7H14N2O. The van der Waals surface area contributed by atoms with E-state index in [1.807, 2.05) is 11.8 Å². The Kier molecular flexibility index (Phi) is 2.27. The second kappa shape index (κ2) is 3.01. The van der Waals surface area contributed by atoms with Gasteiger partial charge in [-0.3, -0.25) is 4.79 Å². The lowest BCUT2D eigenvalue weighted by atomic mass is 10.2. The van der Waals surface area contributed by atoms with Crippen molar-refractivity contribution in [1.82, 2.24) is 4.90 Å². The number of likely N-dealkylation sites (N-methyl/N-ethyl adjacent to an activating group) is 1. The van der Waals surface area contributed by atoms with Gasteiger partial charge in [-0.25, -0.2) is 0 Å². The van der Waals surface area contributed by atoms with Gasteiger partial charge in [0.25, 0.3) is 0 Å². The van der Waals surface area contributed by atoms with Gasteiger partial charge in [-0.05, 0) is 13.3 Å². The van der Waals surface area contributed by atoms with Crippen molar-refractivity contribution in [3.63, 3.8) is 0 Å². The monoisotopic (exact) mass is 142 g/mol. The van der Waals surface area contributed by atoms with Gasteiger partial charge in [-0.2, -0.15) is 0 Å². The summed E-state index contributed by atoms with van der Waals surface area (Å²) in [6.45, 7) is 3.41. The van der Waals surface area contributed by atoms with Gasteiger partial charge < -0.3 is 10.6 Å². The summed E-state index contributed by atoms with van der Waals surface area (Å²) in [6, 6.07) is 0.317. The summed E-state index contributed by atoms with van der Waals surface area (Å²) in [6.07, 6.45) is 1.64. The first kappa shape index (κ1) is 7.54. The van der Waals surface area contributed by atoms with Crippen molar-refractivity contribution in [1.29, 1.82) is 0 Å². The molecule has 1 saturated heterocycles. The molecule has 1 heterocycles. The van der Waals surface area contributed by atoms with Crippen molar-refractivity contribution in [3.8, 4) is 0 Å². The Hall–Kier alpha value is -0.570. The largest absolute Gasteiger partial charge is 0.339 e. The summed E-state index contributed by atoms with van der Waals surface area (Å²) in [7, 11) is 0. The van der Waals surface area contributed by atoms with Gasteiger partial charge in [-0.1, -0.05) is 0 Å². The first-order chi connectivity index (χ1) is 4.79. The van der Waals surface area contributed by atoms with Crippen LogP contribution in [0.1, 0.15) is 19.8 Å². The molecule has 0 saturated carbocycles. The van der Waals surface area contributed by atoms with Crippen molar-refractivity contribution in [2.45, 2.75) is 25.8 Å². The summed E-state index contributed by atoms with van der Waals surface area (Å²) in [5.41, 5.74) is 5.47. The standard InChI is InChI=1S/C7H14N2O/c1-2-9-6(5-8)3-4-7(9)10/h6H,2-5,8H2,1H3/t6-/m0/s1. The quantitative estimate of drug-likeness (QED) is 0.588. The van der Waals surface area contributed by atoms with E-state index in [9.17, 15) is 4.79 Å². The van der Waals surface area contributed by atoms with Crippen LogP contribution in [-0.4, -0.2) is 29.9 Å². The highest BCUT2D eigenvalue weighted by molar-refractivity contribution is 5.78.